The molecule has 3 rings (SSSR count). The van der Waals surface area contributed by atoms with Gasteiger partial charge < -0.3 is 19.8 Å². The maximum absolute atomic E-state index is 12.0. The van der Waals surface area contributed by atoms with E-state index in [1.165, 1.54) is 7.11 Å². The van der Waals surface area contributed by atoms with Gasteiger partial charge in [0, 0.05) is 24.6 Å². The van der Waals surface area contributed by atoms with Crippen LogP contribution in [0.25, 0.3) is 10.9 Å². The summed E-state index contributed by atoms with van der Waals surface area (Å²) < 4.78 is 10.1. The lowest BCUT2D eigenvalue weighted by Crippen LogP contribution is -2.21. The Labute approximate surface area is 166 Å². The molecule has 3 aromatic rings. The zero-order valence-electron chi connectivity index (χ0n) is 15.9. The molecule has 0 saturated heterocycles. The zero-order valence-corrected chi connectivity index (χ0v) is 15.9. The second-order valence-corrected chi connectivity index (χ2v) is 6.32. The Bertz CT molecular complexity index is 1080. The Morgan fingerprint density at radius 2 is 1.97 bits per heavy atom. The van der Waals surface area contributed by atoms with Gasteiger partial charge in [0.05, 0.1) is 18.0 Å². The quantitative estimate of drug-likeness (QED) is 0.567. The minimum Gasteiger partial charge on any atom is -0.497 e. The third-order valence-corrected chi connectivity index (χ3v) is 4.17. The number of para-hydroxylation sites is 1. The standard InChI is InChI=1S/C21H21N3O5/c1-28-15-7-4-6-14(12-15)22-19(25)13-29-20(26)11-5-10-18-23-17-9-3-2-8-16(17)21(27)24-18/h2-4,6-9,12H,5,10-11,13H2,1H3,(H,22,25)(H,23,24,27). The number of methoxy groups -OCH3 is 1. The maximum Gasteiger partial charge on any atom is 0.306 e. The number of amides is 1. The smallest absolute Gasteiger partial charge is 0.306 e. The number of carbonyl (C=O) groups excluding carboxylic acids is 2. The van der Waals surface area contributed by atoms with Gasteiger partial charge in [-0.15, -0.1) is 0 Å². The van der Waals surface area contributed by atoms with Crippen molar-refractivity contribution in [3.63, 3.8) is 0 Å². The number of hydrogen-bond donors (Lipinski definition) is 2. The van der Waals surface area contributed by atoms with Crippen molar-refractivity contribution >= 4 is 28.5 Å². The molecule has 0 aliphatic rings. The third kappa shape index (κ3) is 5.65. The van der Waals surface area contributed by atoms with Gasteiger partial charge in [-0.25, -0.2) is 4.98 Å². The van der Waals surface area contributed by atoms with Crippen LogP contribution in [-0.4, -0.2) is 35.6 Å². The van der Waals surface area contributed by atoms with E-state index in [4.69, 9.17) is 9.47 Å². The molecule has 1 amide bonds. The van der Waals surface area contributed by atoms with Gasteiger partial charge in [-0.05, 0) is 30.7 Å². The molecule has 0 fully saturated rings. The highest BCUT2D eigenvalue weighted by Gasteiger charge is 2.10. The minimum atomic E-state index is -0.492. The number of nitrogens with zero attached hydrogens (tertiary/aromatic N) is 1. The molecule has 2 aromatic carbocycles. The van der Waals surface area contributed by atoms with Crippen molar-refractivity contribution in [2.45, 2.75) is 19.3 Å². The van der Waals surface area contributed by atoms with Crippen molar-refractivity contribution in [1.82, 2.24) is 9.97 Å². The number of aryl methyl sites for hydroxylation is 1. The van der Waals surface area contributed by atoms with E-state index in [0.29, 0.717) is 41.0 Å². The first kappa shape index (κ1) is 20.1. The van der Waals surface area contributed by atoms with Crippen LogP contribution in [0, 0.1) is 0 Å². The van der Waals surface area contributed by atoms with Crippen LogP contribution in [0.4, 0.5) is 5.69 Å². The van der Waals surface area contributed by atoms with Crippen LogP contribution in [0.2, 0.25) is 0 Å². The molecule has 0 unspecified atom stereocenters. The van der Waals surface area contributed by atoms with E-state index in [1.54, 1.807) is 42.5 Å². The van der Waals surface area contributed by atoms with Crippen LogP contribution in [0.3, 0.4) is 0 Å². The first-order valence-corrected chi connectivity index (χ1v) is 9.12. The fourth-order valence-corrected chi connectivity index (χ4v) is 2.77. The van der Waals surface area contributed by atoms with Gasteiger partial charge in [0.2, 0.25) is 0 Å². The molecule has 0 atom stereocenters. The fraction of sp³-hybridized carbons (Fsp3) is 0.238. The molecule has 150 valence electrons. The van der Waals surface area contributed by atoms with Crippen LogP contribution in [0.1, 0.15) is 18.7 Å². The minimum absolute atomic E-state index is 0.114. The number of nitrogens with one attached hydrogen (secondary N) is 2. The van der Waals surface area contributed by atoms with Gasteiger partial charge >= 0.3 is 5.97 Å². The number of ether oxygens (including phenoxy) is 2. The van der Waals surface area contributed by atoms with E-state index < -0.39 is 11.9 Å². The fourth-order valence-electron chi connectivity index (χ4n) is 2.77. The van der Waals surface area contributed by atoms with Gasteiger partial charge in [-0.2, -0.15) is 0 Å². The third-order valence-electron chi connectivity index (χ3n) is 4.17. The number of benzene rings is 2. The van der Waals surface area contributed by atoms with E-state index in [-0.39, 0.29) is 18.6 Å². The first-order valence-electron chi connectivity index (χ1n) is 9.12. The van der Waals surface area contributed by atoms with E-state index in [1.807, 2.05) is 6.07 Å². The monoisotopic (exact) mass is 395 g/mol. The molecule has 0 spiro atoms. The summed E-state index contributed by atoms with van der Waals surface area (Å²) in [4.78, 5) is 42.9. The highest BCUT2D eigenvalue weighted by molar-refractivity contribution is 5.92. The molecule has 2 N–H and O–H groups in total. The molecule has 1 aromatic heterocycles. The van der Waals surface area contributed by atoms with Crippen molar-refractivity contribution in [2.24, 2.45) is 0 Å². The normalized spacial score (nSPS) is 10.5. The Morgan fingerprint density at radius 1 is 1.14 bits per heavy atom. The molecule has 8 nitrogen and oxygen atoms in total. The van der Waals surface area contributed by atoms with Crippen LogP contribution < -0.4 is 15.6 Å². The lowest BCUT2D eigenvalue weighted by Gasteiger charge is -2.08. The Balaban J connectivity index is 1.43. The number of carbonyl (C=O) groups is 2. The van der Waals surface area contributed by atoms with Gasteiger partial charge in [0.1, 0.15) is 11.6 Å². The second kappa shape index (κ2) is 9.50. The molecule has 8 heteroatoms. The molecule has 0 saturated carbocycles. The number of esters is 1. The van der Waals surface area contributed by atoms with Crippen LogP contribution in [0.15, 0.2) is 53.3 Å². The van der Waals surface area contributed by atoms with Crippen LogP contribution in [0.5, 0.6) is 5.75 Å². The lowest BCUT2D eigenvalue weighted by atomic mass is 10.2. The molecule has 0 aliphatic carbocycles. The Hall–Kier alpha value is -3.68. The van der Waals surface area contributed by atoms with Gasteiger partial charge in [-0.3, -0.25) is 14.4 Å². The Morgan fingerprint density at radius 3 is 2.79 bits per heavy atom. The summed E-state index contributed by atoms with van der Waals surface area (Å²) in [7, 11) is 1.53. The summed E-state index contributed by atoms with van der Waals surface area (Å²) in [5.41, 5.74) is 0.960. The number of rotatable bonds is 8. The molecule has 0 radical (unpaired) electrons. The molecule has 1 heterocycles. The van der Waals surface area contributed by atoms with E-state index in [9.17, 15) is 14.4 Å². The molecule has 0 aliphatic heterocycles. The average molecular weight is 395 g/mol. The Kier molecular flexibility index (Phi) is 6.57. The number of aromatic amines is 1. The molecular weight excluding hydrogens is 374 g/mol. The number of H-pyrrole nitrogens is 1. The van der Waals surface area contributed by atoms with Crippen LogP contribution >= 0.6 is 0 Å². The van der Waals surface area contributed by atoms with Crippen molar-refractivity contribution in [3.05, 3.63) is 64.7 Å². The summed E-state index contributed by atoms with van der Waals surface area (Å²) in [6.45, 7) is -0.374. The number of aromatic nitrogens is 2. The second-order valence-electron chi connectivity index (χ2n) is 6.32. The van der Waals surface area contributed by atoms with Crippen molar-refractivity contribution < 1.29 is 19.1 Å². The van der Waals surface area contributed by atoms with Crippen molar-refractivity contribution in [2.75, 3.05) is 19.0 Å². The molecule has 0 bridgehead atoms. The SMILES string of the molecule is COc1cccc(NC(=O)COC(=O)CCCc2nc3ccccc3c(=O)[nH]2)c1. The van der Waals surface area contributed by atoms with Gasteiger partial charge in [0.25, 0.3) is 11.5 Å². The summed E-state index contributed by atoms with van der Waals surface area (Å²) in [6.07, 6.45) is 0.978. The van der Waals surface area contributed by atoms with Gasteiger partial charge in [-0.1, -0.05) is 18.2 Å². The predicted octanol–water partition coefficient (Wildman–Crippen LogP) is 2.44. The highest BCUT2D eigenvalue weighted by atomic mass is 16.5. The van der Waals surface area contributed by atoms with E-state index >= 15 is 0 Å². The predicted molar refractivity (Wildman–Crippen MR) is 108 cm³/mol. The molecule has 29 heavy (non-hydrogen) atoms. The van der Waals surface area contributed by atoms with Crippen molar-refractivity contribution in [1.29, 1.82) is 0 Å². The number of anilines is 1. The van der Waals surface area contributed by atoms with Crippen molar-refractivity contribution in [3.8, 4) is 5.75 Å². The number of hydrogen-bond acceptors (Lipinski definition) is 6. The van der Waals surface area contributed by atoms with Crippen LogP contribution in [-0.2, 0) is 20.7 Å². The topological polar surface area (TPSA) is 110 Å². The maximum atomic E-state index is 12.0. The first-order chi connectivity index (χ1) is 14.0. The van der Waals surface area contributed by atoms with E-state index in [0.717, 1.165) is 0 Å². The van der Waals surface area contributed by atoms with E-state index in [2.05, 4.69) is 15.3 Å². The molecular formula is C21H21N3O5. The highest BCUT2D eigenvalue weighted by Crippen LogP contribution is 2.16. The summed E-state index contributed by atoms with van der Waals surface area (Å²) in [5, 5.41) is 3.16. The summed E-state index contributed by atoms with van der Waals surface area (Å²) >= 11 is 0. The summed E-state index contributed by atoms with van der Waals surface area (Å²) in [6, 6.07) is 13.9. The van der Waals surface area contributed by atoms with Gasteiger partial charge in [0.15, 0.2) is 6.61 Å². The number of fused-ring (bicyclic) bond motifs is 1. The zero-order chi connectivity index (χ0) is 20.6. The average Bonchev–Trinajstić information content (AvgIpc) is 2.72. The summed E-state index contributed by atoms with van der Waals surface area (Å²) in [5.74, 6) is 0.193. The largest absolute Gasteiger partial charge is 0.497 e. The lowest BCUT2D eigenvalue weighted by molar-refractivity contribution is -0.147.